The highest BCUT2D eigenvalue weighted by atomic mass is 32.2. The lowest BCUT2D eigenvalue weighted by atomic mass is 10.2. The van der Waals surface area contributed by atoms with E-state index in [0.29, 0.717) is 17.2 Å². The Bertz CT molecular complexity index is 1210. The average Bonchev–Trinajstić information content (AvgIpc) is 2.83. The van der Waals surface area contributed by atoms with Gasteiger partial charge >= 0.3 is 0 Å². The smallest absolute Gasteiger partial charge is 0.264 e. The second-order valence-electron chi connectivity index (χ2n) is 7.09. The number of nitrogens with zero attached hydrogens (tertiary/aromatic N) is 2. The fourth-order valence-electron chi connectivity index (χ4n) is 2.94. The zero-order valence-corrected chi connectivity index (χ0v) is 19.4. The number of aryl methyl sites for hydroxylation is 1. The molecule has 8 nitrogen and oxygen atoms in total. The van der Waals surface area contributed by atoms with Gasteiger partial charge in [0, 0.05) is 0 Å². The molecule has 0 aliphatic carbocycles. The number of amides is 1. The number of hydrogen-bond acceptors (Lipinski definition) is 6. The van der Waals surface area contributed by atoms with Crippen molar-refractivity contribution in [2.75, 3.05) is 25.1 Å². The third-order valence-corrected chi connectivity index (χ3v) is 6.56. The Morgan fingerprint density at radius 2 is 1.45 bits per heavy atom. The van der Waals surface area contributed by atoms with E-state index in [2.05, 4.69) is 10.5 Å². The molecule has 172 valence electrons. The zero-order chi connectivity index (χ0) is 23.8. The predicted octanol–water partition coefficient (Wildman–Crippen LogP) is 3.36. The molecule has 0 fully saturated rings. The number of methoxy groups -OCH3 is 2. The summed E-state index contributed by atoms with van der Waals surface area (Å²) in [5.74, 6) is 0.680. The fourth-order valence-corrected chi connectivity index (χ4v) is 4.36. The lowest BCUT2D eigenvalue weighted by Gasteiger charge is -2.24. The van der Waals surface area contributed by atoms with Crippen molar-refractivity contribution in [2.24, 2.45) is 5.10 Å². The summed E-state index contributed by atoms with van der Waals surface area (Å²) in [6.45, 7) is 1.41. The van der Waals surface area contributed by atoms with Gasteiger partial charge in [-0.25, -0.2) is 13.8 Å². The number of carbonyl (C=O) groups excluding carboxylic acids is 1. The first-order chi connectivity index (χ1) is 15.8. The minimum absolute atomic E-state index is 0.0819. The molecule has 3 aromatic rings. The second-order valence-corrected chi connectivity index (χ2v) is 8.95. The first-order valence-electron chi connectivity index (χ1n) is 10.0. The summed E-state index contributed by atoms with van der Waals surface area (Å²) >= 11 is 0. The van der Waals surface area contributed by atoms with Crippen LogP contribution >= 0.6 is 0 Å². The molecule has 3 rings (SSSR count). The number of rotatable bonds is 9. The minimum Gasteiger partial charge on any atom is -0.497 e. The van der Waals surface area contributed by atoms with E-state index in [9.17, 15) is 13.2 Å². The molecular weight excluding hydrogens is 442 g/mol. The number of nitrogens with one attached hydrogen (secondary N) is 1. The van der Waals surface area contributed by atoms with Crippen molar-refractivity contribution in [3.63, 3.8) is 0 Å². The average molecular weight is 468 g/mol. The number of hydrogen-bond donors (Lipinski definition) is 1. The van der Waals surface area contributed by atoms with Crippen LogP contribution in [0.15, 0.2) is 82.8 Å². The standard InChI is InChI=1S/C24H25N3O5S/c1-18-4-14-23(15-5-18)33(29,30)27(20-8-12-22(32-3)13-9-20)17-24(28)26-25-16-19-6-10-21(31-2)11-7-19/h4-16H,17H2,1-3H3,(H,26,28)/b25-16+. The Morgan fingerprint density at radius 3 is 2.00 bits per heavy atom. The molecule has 33 heavy (non-hydrogen) atoms. The Hall–Kier alpha value is -3.85. The number of anilines is 1. The highest BCUT2D eigenvalue weighted by Gasteiger charge is 2.27. The Labute approximate surface area is 193 Å². The normalized spacial score (nSPS) is 11.2. The van der Waals surface area contributed by atoms with Crippen LogP contribution < -0.4 is 19.2 Å². The van der Waals surface area contributed by atoms with E-state index in [-0.39, 0.29) is 4.90 Å². The molecule has 3 aromatic carbocycles. The molecule has 0 aromatic heterocycles. The van der Waals surface area contributed by atoms with Crippen molar-refractivity contribution < 1.29 is 22.7 Å². The molecule has 0 bridgehead atoms. The van der Waals surface area contributed by atoms with Gasteiger partial charge in [0.05, 0.1) is 31.0 Å². The zero-order valence-electron chi connectivity index (χ0n) is 18.6. The van der Waals surface area contributed by atoms with E-state index in [0.717, 1.165) is 15.4 Å². The molecule has 0 atom stereocenters. The topological polar surface area (TPSA) is 97.3 Å². The van der Waals surface area contributed by atoms with Crippen molar-refractivity contribution in [2.45, 2.75) is 11.8 Å². The van der Waals surface area contributed by atoms with E-state index < -0.39 is 22.5 Å². The number of sulfonamides is 1. The summed E-state index contributed by atoms with van der Waals surface area (Å²) in [6.07, 6.45) is 1.46. The number of benzene rings is 3. The highest BCUT2D eigenvalue weighted by Crippen LogP contribution is 2.26. The van der Waals surface area contributed by atoms with Crippen LogP contribution in [0.3, 0.4) is 0 Å². The maximum Gasteiger partial charge on any atom is 0.264 e. The largest absolute Gasteiger partial charge is 0.497 e. The molecule has 1 amide bonds. The molecule has 9 heteroatoms. The van der Waals surface area contributed by atoms with Crippen LogP contribution in [0.1, 0.15) is 11.1 Å². The van der Waals surface area contributed by atoms with E-state index in [1.807, 2.05) is 6.92 Å². The maximum atomic E-state index is 13.4. The fraction of sp³-hybridized carbons (Fsp3) is 0.167. The molecule has 0 saturated heterocycles. The summed E-state index contributed by atoms with van der Waals surface area (Å²) in [5.41, 5.74) is 4.38. The van der Waals surface area contributed by atoms with Gasteiger partial charge in [0.1, 0.15) is 18.0 Å². The number of ether oxygens (including phenoxy) is 2. The Morgan fingerprint density at radius 1 is 0.909 bits per heavy atom. The summed E-state index contributed by atoms with van der Waals surface area (Å²) in [7, 11) is -0.915. The van der Waals surface area contributed by atoms with Crippen LogP contribution in [0.4, 0.5) is 5.69 Å². The predicted molar refractivity (Wildman–Crippen MR) is 127 cm³/mol. The van der Waals surface area contributed by atoms with Crippen LogP contribution in [-0.4, -0.2) is 41.3 Å². The first kappa shape index (κ1) is 23.8. The van der Waals surface area contributed by atoms with Crippen LogP contribution in [0.2, 0.25) is 0 Å². The van der Waals surface area contributed by atoms with Gasteiger partial charge in [-0.1, -0.05) is 17.7 Å². The van der Waals surface area contributed by atoms with Gasteiger partial charge in [0.2, 0.25) is 0 Å². The van der Waals surface area contributed by atoms with Gasteiger partial charge < -0.3 is 9.47 Å². The molecule has 0 unspecified atom stereocenters. The van der Waals surface area contributed by atoms with E-state index in [4.69, 9.17) is 9.47 Å². The quantitative estimate of drug-likeness (QED) is 0.384. The summed E-state index contributed by atoms with van der Waals surface area (Å²) in [4.78, 5) is 12.7. The minimum atomic E-state index is -4.00. The van der Waals surface area contributed by atoms with Crippen LogP contribution in [-0.2, 0) is 14.8 Å². The molecule has 0 aliphatic heterocycles. The van der Waals surface area contributed by atoms with Crippen molar-refractivity contribution in [1.29, 1.82) is 0 Å². The van der Waals surface area contributed by atoms with E-state index in [1.54, 1.807) is 67.8 Å². The Kier molecular flexibility index (Phi) is 7.68. The molecule has 0 heterocycles. The van der Waals surface area contributed by atoms with Crippen molar-refractivity contribution >= 4 is 27.8 Å². The summed E-state index contributed by atoms with van der Waals surface area (Å²) < 4.78 is 38.0. The molecule has 0 saturated carbocycles. The SMILES string of the molecule is COc1ccc(/C=N/NC(=O)CN(c2ccc(OC)cc2)S(=O)(=O)c2ccc(C)cc2)cc1. The van der Waals surface area contributed by atoms with Gasteiger partial charge in [0.15, 0.2) is 0 Å². The van der Waals surface area contributed by atoms with Gasteiger partial charge in [-0.3, -0.25) is 9.10 Å². The van der Waals surface area contributed by atoms with Crippen molar-refractivity contribution in [3.05, 3.63) is 83.9 Å². The monoisotopic (exact) mass is 467 g/mol. The van der Waals surface area contributed by atoms with Crippen molar-refractivity contribution in [3.8, 4) is 11.5 Å². The molecule has 1 N–H and O–H groups in total. The molecule has 0 aliphatic rings. The van der Waals surface area contributed by atoms with Crippen LogP contribution in [0, 0.1) is 6.92 Å². The Balaban J connectivity index is 1.81. The van der Waals surface area contributed by atoms with Gasteiger partial charge in [-0.15, -0.1) is 0 Å². The van der Waals surface area contributed by atoms with Crippen LogP contribution in [0.25, 0.3) is 0 Å². The lowest BCUT2D eigenvalue weighted by Crippen LogP contribution is -2.39. The third kappa shape index (κ3) is 6.11. The van der Waals surface area contributed by atoms with Gasteiger partial charge in [-0.2, -0.15) is 5.10 Å². The van der Waals surface area contributed by atoms with Gasteiger partial charge in [-0.05, 0) is 73.2 Å². The van der Waals surface area contributed by atoms with Crippen LogP contribution in [0.5, 0.6) is 11.5 Å². The van der Waals surface area contributed by atoms with E-state index >= 15 is 0 Å². The molecular formula is C24H25N3O5S. The summed E-state index contributed by atoms with van der Waals surface area (Å²) in [6, 6.07) is 20.0. The number of hydrazone groups is 1. The number of carbonyl (C=O) groups is 1. The van der Waals surface area contributed by atoms with E-state index in [1.165, 1.54) is 25.5 Å². The summed E-state index contributed by atoms with van der Waals surface area (Å²) in [5, 5.41) is 3.93. The molecule has 0 spiro atoms. The maximum absolute atomic E-state index is 13.4. The lowest BCUT2D eigenvalue weighted by molar-refractivity contribution is -0.119. The van der Waals surface area contributed by atoms with Crippen molar-refractivity contribution in [1.82, 2.24) is 5.43 Å². The van der Waals surface area contributed by atoms with Gasteiger partial charge in [0.25, 0.3) is 15.9 Å². The molecule has 0 radical (unpaired) electrons. The second kappa shape index (κ2) is 10.6. The highest BCUT2D eigenvalue weighted by molar-refractivity contribution is 7.92. The third-order valence-electron chi connectivity index (χ3n) is 4.78. The first-order valence-corrected chi connectivity index (χ1v) is 11.5.